The number of nitrogens with one attached hydrogen (secondary N) is 1. The molecule has 0 spiro atoms. The van der Waals surface area contributed by atoms with Crippen LogP contribution in [0.5, 0.6) is 0 Å². The van der Waals surface area contributed by atoms with Crippen molar-refractivity contribution in [3.63, 3.8) is 0 Å². The third-order valence-electron chi connectivity index (χ3n) is 3.62. The maximum absolute atomic E-state index is 13.4. The monoisotopic (exact) mass is 433 g/mol. The maximum Gasteiger partial charge on any atom is 0.419 e. The van der Waals surface area contributed by atoms with E-state index in [-0.39, 0.29) is 5.56 Å². The molecule has 1 heterocycles. The Balaban J connectivity index is 2.47. The van der Waals surface area contributed by atoms with E-state index in [1.54, 1.807) is 0 Å². The molecule has 0 aliphatic carbocycles. The van der Waals surface area contributed by atoms with Crippen LogP contribution < -0.4 is 10.6 Å². The van der Waals surface area contributed by atoms with Crippen LogP contribution in [-0.2, 0) is 32.8 Å². The lowest BCUT2D eigenvalue weighted by atomic mass is 10.1. The van der Waals surface area contributed by atoms with E-state index in [2.05, 4.69) is 10.4 Å². The predicted molar refractivity (Wildman–Crippen MR) is 87.0 cm³/mol. The van der Waals surface area contributed by atoms with Gasteiger partial charge >= 0.3 is 16.4 Å². The Hall–Kier alpha value is -1.81. The van der Waals surface area contributed by atoms with Crippen LogP contribution in [0.15, 0.2) is 23.2 Å². The number of hydrogen-bond acceptors (Lipinski definition) is 6. The van der Waals surface area contributed by atoms with Crippen LogP contribution in [0.25, 0.3) is 0 Å². The highest BCUT2D eigenvalue weighted by Gasteiger charge is 2.49. The molecule has 1 atom stereocenters. The molecule has 1 aliphatic rings. The first-order chi connectivity index (χ1) is 12.1. The fraction of sp³-hybridized carbons (Fsp3) is 0.417. The third kappa shape index (κ3) is 4.06. The van der Waals surface area contributed by atoms with E-state index in [0.29, 0.717) is 22.9 Å². The average molecular weight is 433 g/mol. The number of rotatable bonds is 5. The Labute approximate surface area is 152 Å². The molecule has 0 radical (unpaired) electrons. The fourth-order valence-corrected chi connectivity index (χ4v) is 3.80. The van der Waals surface area contributed by atoms with Crippen LogP contribution in [0.2, 0.25) is 0 Å². The van der Waals surface area contributed by atoms with Crippen molar-refractivity contribution in [3.05, 3.63) is 35.1 Å². The van der Waals surface area contributed by atoms with E-state index in [0.717, 1.165) is 24.5 Å². The standard InChI is InChI=1S/C12H15F4N5O4S2/c1-20(2)27(24,25)21-7-18-11(19-21,26(17,22)23)6-8-3-4-10(13)9(5-8)12(14,15)16/h3-5,7,19H,6H2,1-2H3,(H2,17,22,23). The molecular formula is C12H15F4N5O4S2. The van der Waals surface area contributed by atoms with Crippen LogP contribution >= 0.6 is 0 Å². The van der Waals surface area contributed by atoms with E-state index < -0.39 is 49.2 Å². The zero-order valence-electron chi connectivity index (χ0n) is 13.9. The SMILES string of the molecule is CN(C)S(=O)(=O)N1C=NC(Cc2ccc(F)c(C(F)(F)F)c2)(S(N)(=O)=O)N1. The van der Waals surface area contributed by atoms with Crippen LogP contribution in [0.4, 0.5) is 17.6 Å². The lowest BCUT2D eigenvalue weighted by Gasteiger charge is -2.28. The molecule has 1 unspecified atom stereocenters. The van der Waals surface area contributed by atoms with Gasteiger partial charge in [0.05, 0.1) is 5.56 Å². The summed E-state index contributed by atoms with van der Waals surface area (Å²) in [6.07, 6.45) is -5.17. The largest absolute Gasteiger partial charge is 0.419 e. The summed E-state index contributed by atoms with van der Waals surface area (Å²) < 4.78 is 101. The number of nitrogens with zero attached hydrogens (tertiary/aromatic N) is 3. The summed E-state index contributed by atoms with van der Waals surface area (Å²) in [6, 6.07) is 1.84. The minimum absolute atomic E-state index is 0.286. The van der Waals surface area contributed by atoms with E-state index in [9.17, 15) is 34.4 Å². The molecular weight excluding hydrogens is 418 g/mol. The first-order valence-corrected chi connectivity index (χ1v) is 9.97. The number of alkyl halides is 3. The second-order valence-electron chi connectivity index (χ2n) is 5.76. The van der Waals surface area contributed by atoms with Crippen molar-refractivity contribution >= 4 is 26.6 Å². The number of nitrogens with two attached hydrogens (primary N) is 1. The molecule has 27 heavy (non-hydrogen) atoms. The van der Waals surface area contributed by atoms with Gasteiger partial charge in [0, 0.05) is 20.5 Å². The molecule has 0 bridgehead atoms. The topological polar surface area (TPSA) is 125 Å². The number of hydrazine groups is 1. The maximum atomic E-state index is 13.4. The van der Waals surface area contributed by atoms with Gasteiger partial charge in [-0.1, -0.05) is 6.07 Å². The van der Waals surface area contributed by atoms with Gasteiger partial charge in [0.2, 0.25) is 4.99 Å². The number of halogens is 4. The van der Waals surface area contributed by atoms with E-state index in [1.165, 1.54) is 0 Å². The number of aliphatic imine (C=N–C) groups is 1. The van der Waals surface area contributed by atoms with Crippen molar-refractivity contribution in [2.75, 3.05) is 14.1 Å². The Bertz CT molecular complexity index is 978. The molecule has 0 fully saturated rings. The molecule has 0 saturated heterocycles. The second kappa shape index (κ2) is 6.66. The number of primary sulfonamides is 1. The molecule has 9 nitrogen and oxygen atoms in total. The smallest absolute Gasteiger partial charge is 0.232 e. The van der Waals surface area contributed by atoms with Crippen molar-refractivity contribution in [2.24, 2.45) is 10.1 Å². The van der Waals surface area contributed by atoms with Crippen molar-refractivity contribution in [1.29, 1.82) is 0 Å². The van der Waals surface area contributed by atoms with Gasteiger partial charge in [0.15, 0.2) is 0 Å². The quantitative estimate of drug-likeness (QED) is 0.632. The summed E-state index contributed by atoms with van der Waals surface area (Å²) in [5.41, 5.74) is 0.188. The summed E-state index contributed by atoms with van der Waals surface area (Å²) in [5, 5.41) is 5.12. The summed E-state index contributed by atoms with van der Waals surface area (Å²) in [7, 11) is -6.51. The normalized spacial score (nSPS) is 21.3. The van der Waals surface area contributed by atoms with Gasteiger partial charge in [0.25, 0.3) is 10.0 Å². The molecule has 0 amide bonds. The van der Waals surface area contributed by atoms with Crippen LogP contribution in [0.3, 0.4) is 0 Å². The average Bonchev–Trinajstić information content (AvgIpc) is 2.94. The van der Waals surface area contributed by atoms with Crippen LogP contribution in [0, 0.1) is 5.82 Å². The van der Waals surface area contributed by atoms with E-state index >= 15 is 0 Å². The highest BCUT2D eigenvalue weighted by molar-refractivity contribution is 7.90. The van der Waals surface area contributed by atoms with Gasteiger partial charge in [-0.3, -0.25) is 0 Å². The molecule has 3 N–H and O–H groups in total. The molecule has 0 saturated carbocycles. The van der Waals surface area contributed by atoms with Gasteiger partial charge in [-0.05, 0) is 17.7 Å². The molecule has 2 rings (SSSR count). The molecule has 1 aromatic rings. The first kappa shape index (κ1) is 21.5. The third-order valence-corrected chi connectivity index (χ3v) is 6.50. The summed E-state index contributed by atoms with van der Waals surface area (Å²) >= 11 is 0. The molecule has 15 heteroatoms. The molecule has 1 aromatic carbocycles. The van der Waals surface area contributed by atoms with Crippen molar-refractivity contribution in [3.8, 4) is 0 Å². The molecule has 152 valence electrons. The van der Waals surface area contributed by atoms with Gasteiger partial charge < -0.3 is 0 Å². The van der Waals surface area contributed by atoms with Crippen molar-refractivity contribution in [2.45, 2.75) is 17.6 Å². The fourth-order valence-electron chi connectivity index (χ4n) is 2.17. The number of sulfonamides is 1. The first-order valence-electron chi connectivity index (χ1n) is 7.03. The minimum atomic E-state index is -5.01. The Morgan fingerprint density at radius 1 is 1.26 bits per heavy atom. The van der Waals surface area contributed by atoms with Gasteiger partial charge in [-0.25, -0.2) is 22.9 Å². The highest BCUT2D eigenvalue weighted by Crippen LogP contribution is 2.33. The van der Waals surface area contributed by atoms with E-state index in [4.69, 9.17) is 5.14 Å². The van der Waals surface area contributed by atoms with Crippen molar-refractivity contribution in [1.82, 2.24) is 14.1 Å². The summed E-state index contributed by atoms with van der Waals surface area (Å²) in [4.78, 5) is 1.08. The molecule has 1 aliphatic heterocycles. The van der Waals surface area contributed by atoms with E-state index in [1.807, 2.05) is 0 Å². The highest BCUT2D eigenvalue weighted by atomic mass is 32.2. The summed E-state index contributed by atoms with van der Waals surface area (Å²) in [6.45, 7) is 0. The van der Waals surface area contributed by atoms with Gasteiger partial charge in [-0.2, -0.15) is 35.7 Å². The predicted octanol–water partition coefficient (Wildman–Crippen LogP) is -0.0158. The Kier molecular flexibility index (Phi) is 5.30. The minimum Gasteiger partial charge on any atom is -0.232 e. The van der Waals surface area contributed by atoms with Crippen molar-refractivity contribution < 1.29 is 34.4 Å². The zero-order valence-corrected chi connectivity index (χ0v) is 15.5. The lowest BCUT2D eigenvalue weighted by molar-refractivity contribution is -0.140. The Morgan fingerprint density at radius 2 is 1.85 bits per heavy atom. The van der Waals surface area contributed by atoms with Crippen LogP contribution in [-0.4, -0.2) is 51.0 Å². The molecule has 0 aromatic heterocycles. The van der Waals surface area contributed by atoms with Crippen LogP contribution in [0.1, 0.15) is 11.1 Å². The second-order valence-corrected chi connectivity index (χ2v) is 9.55. The Morgan fingerprint density at radius 3 is 2.33 bits per heavy atom. The van der Waals surface area contributed by atoms with Gasteiger partial charge in [-0.15, -0.1) is 0 Å². The lowest BCUT2D eigenvalue weighted by Crippen LogP contribution is -2.58. The number of benzene rings is 1. The van der Waals surface area contributed by atoms with Gasteiger partial charge in [0.1, 0.15) is 12.2 Å². The summed E-state index contributed by atoms with van der Waals surface area (Å²) in [5.74, 6) is -1.55. The number of hydrogen-bond donors (Lipinski definition) is 2. The zero-order chi connectivity index (χ0) is 20.8.